The number of nitrogens with zero attached hydrogens (tertiary/aromatic N) is 1. The lowest BCUT2D eigenvalue weighted by Crippen LogP contribution is -2.56. The molecule has 1 N–H and O–H groups in total. The Labute approximate surface area is 93.2 Å². The summed E-state index contributed by atoms with van der Waals surface area (Å²) in [6.45, 7) is 6.78. The van der Waals surface area contributed by atoms with E-state index in [4.69, 9.17) is 4.74 Å². The third-order valence-corrected chi connectivity index (χ3v) is 4.16. The van der Waals surface area contributed by atoms with Gasteiger partial charge in [0.2, 0.25) is 0 Å². The zero-order valence-corrected chi connectivity index (χ0v) is 10.1. The van der Waals surface area contributed by atoms with Crippen molar-refractivity contribution in [1.82, 2.24) is 10.2 Å². The summed E-state index contributed by atoms with van der Waals surface area (Å²) in [5.41, 5.74) is 0.397. The normalized spacial score (nSPS) is 32.8. The first-order valence-electron chi connectivity index (χ1n) is 6.25. The number of likely N-dealkylation sites (tertiary alicyclic amines) is 1. The molecule has 0 spiro atoms. The number of ether oxygens (including phenoxy) is 1. The topological polar surface area (TPSA) is 24.5 Å². The molecule has 2 saturated heterocycles. The second-order valence-electron chi connectivity index (χ2n) is 5.18. The lowest BCUT2D eigenvalue weighted by atomic mass is 9.87. The molecule has 0 radical (unpaired) electrons. The van der Waals surface area contributed by atoms with Gasteiger partial charge in [-0.2, -0.15) is 0 Å². The summed E-state index contributed by atoms with van der Waals surface area (Å²) < 4.78 is 5.47. The van der Waals surface area contributed by atoms with Gasteiger partial charge >= 0.3 is 0 Å². The van der Waals surface area contributed by atoms with Crippen LogP contribution in [0.5, 0.6) is 0 Å². The molecule has 0 aliphatic carbocycles. The van der Waals surface area contributed by atoms with Crippen LogP contribution < -0.4 is 5.32 Å². The molecule has 88 valence electrons. The van der Waals surface area contributed by atoms with Crippen molar-refractivity contribution >= 4 is 0 Å². The van der Waals surface area contributed by atoms with Gasteiger partial charge < -0.3 is 10.1 Å². The maximum absolute atomic E-state index is 5.47. The molecule has 2 rings (SSSR count). The van der Waals surface area contributed by atoms with Crippen molar-refractivity contribution in [3.05, 3.63) is 0 Å². The van der Waals surface area contributed by atoms with E-state index in [-0.39, 0.29) is 0 Å². The van der Waals surface area contributed by atoms with Gasteiger partial charge in [0, 0.05) is 31.3 Å². The fourth-order valence-corrected chi connectivity index (χ4v) is 2.83. The molecule has 1 unspecified atom stereocenters. The molecule has 3 heteroatoms. The minimum Gasteiger partial charge on any atom is -0.381 e. The molecule has 0 aromatic rings. The van der Waals surface area contributed by atoms with E-state index in [0.717, 1.165) is 13.2 Å². The molecule has 3 nitrogen and oxygen atoms in total. The Morgan fingerprint density at radius 3 is 2.73 bits per heavy atom. The Morgan fingerprint density at radius 2 is 2.07 bits per heavy atom. The largest absolute Gasteiger partial charge is 0.381 e. The maximum Gasteiger partial charge on any atom is 0.0483 e. The van der Waals surface area contributed by atoms with E-state index < -0.39 is 0 Å². The Kier molecular flexibility index (Phi) is 3.65. The molecule has 2 heterocycles. The van der Waals surface area contributed by atoms with Crippen LogP contribution in [0.2, 0.25) is 0 Å². The van der Waals surface area contributed by atoms with Gasteiger partial charge in [0.05, 0.1) is 0 Å². The molecule has 15 heavy (non-hydrogen) atoms. The van der Waals surface area contributed by atoms with Crippen LogP contribution in [0.4, 0.5) is 0 Å². The van der Waals surface area contributed by atoms with Gasteiger partial charge in [0.25, 0.3) is 0 Å². The maximum atomic E-state index is 5.47. The SMILES string of the molecule is CNC1CCCN(C2(C)CCOCC2)C1. The number of nitrogens with one attached hydrogen (secondary N) is 1. The van der Waals surface area contributed by atoms with Gasteiger partial charge in [-0.25, -0.2) is 0 Å². The van der Waals surface area contributed by atoms with E-state index >= 15 is 0 Å². The summed E-state index contributed by atoms with van der Waals surface area (Å²) in [4.78, 5) is 2.68. The summed E-state index contributed by atoms with van der Waals surface area (Å²) in [6, 6.07) is 0.693. The standard InChI is InChI=1S/C12H24N2O/c1-12(5-8-15-9-6-12)14-7-3-4-11(10-14)13-2/h11,13H,3-10H2,1-2H3. The molecular formula is C12H24N2O. The van der Waals surface area contributed by atoms with Crippen molar-refractivity contribution in [2.24, 2.45) is 0 Å². The molecule has 0 aromatic heterocycles. The van der Waals surface area contributed by atoms with Crippen LogP contribution in [0, 0.1) is 0 Å². The highest BCUT2D eigenvalue weighted by Crippen LogP contribution is 2.29. The van der Waals surface area contributed by atoms with Crippen LogP contribution >= 0.6 is 0 Å². The van der Waals surface area contributed by atoms with E-state index in [1.807, 2.05) is 0 Å². The van der Waals surface area contributed by atoms with Gasteiger partial charge in [-0.05, 0) is 46.2 Å². The van der Waals surface area contributed by atoms with Crippen LogP contribution in [0.15, 0.2) is 0 Å². The van der Waals surface area contributed by atoms with E-state index in [9.17, 15) is 0 Å². The summed E-state index contributed by atoms with van der Waals surface area (Å²) >= 11 is 0. The van der Waals surface area contributed by atoms with E-state index in [1.165, 1.54) is 38.8 Å². The van der Waals surface area contributed by atoms with E-state index in [2.05, 4.69) is 24.2 Å². The Morgan fingerprint density at radius 1 is 1.33 bits per heavy atom. The van der Waals surface area contributed by atoms with Crippen molar-refractivity contribution in [1.29, 1.82) is 0 Å². The third kappa shape index (κ3) is 2.52. The Bertz CT molecular complexity index is 202. The predicted molar refractivity (Wildman–Crippen MR) is 62.1 cm³/mol. The predicted octanol–water partition coefficient (Wildman–Crippen LogP) is 1.24. The summed E-state index contributed by atoms with van der Waals surface area (Å²) in [7, 11) is 2.08. The van der Waals surface area contributed by atoms with Crippen molar-refractivity contribution in [2.75, 3.05) is 33.4 Å². The fraction of sp³-hybridized carbons (Fsp3) is 1.00. The van der Waals surface area contributed by atoms with Crippen LogP contribution in [0.3, 0.4) is 0 Å². The molecule has 0 aromatic carbocycles. The summed E-state index contributed by atoms with van der Waals surface area (Å²) in [5, 5.41) is 3.42. The minimum absolute atomic E-state index is 0.397. The molecule has 2 fully saturated rings. The summed E-state index contributed by atoms with van der Waals surface area (Å²) in [5.74, 6) is 0. The van der Waals surface area contributed by atoms with Gasteiger partial charge in [0.15, 0.2) is 0 Å². The highest BCUT2D eigenvalue weighted by molar-refractivity contribution is 4.92. The Balaban J connectivity index is 1.95. The van der Waals surface area contributed by atoms with Crippen LogP contribution in [-0.4, -0.2) is 49.8 Å². The zero-order valence-electron chi connectivity index (χ0n) is 10.1. The molecule has 0 saturated carbocycles. The van der Waals surface area contributed by atoms with Crippen molar-refractivity contribution in [3.63, 3.8) is 0 Å². The van der Waals surface area contributed by atoms with Crippen LogP contribution in [-0.2, 0) is 4.74 Å². The van der Waals surface area contributed by atoms with Gasteiger partial charge in [-0.15, -0.1) is 0 Å². The highest BCUT2D eigenvalue weighted by Gasteiger charge is 2.36. The van der Waals surface area contributed by atoms with Crippen LogP contribution in [0.25, 0.3) is 0 Å². The average Bonchev–Trinajstić information content (AvgIpc) is 2.30. The number of hydrogen-bond donors (Lipinski definition) is 1. The lowest BCUT2D eigenvalue weighted by molar-refractivity contribution is -0.0309. The van der Waals surface area contributed by atoms with Crippen molar-refractivity contribution in [2.45, 2.75) is 44.2 Å². The molecule has 0 amide bonds. The molecule has 0 bridgehead atoms. The number of hydrogen-bond acceptors (Lipinski definition) is 3. The molecule has 1 atom stereocenters. The van der Waals surface area contributed by atoms with Crippen molar-refractivity contribution < 1.29 is 4.74 Å². The first kappa shape index (κ1) is 11.4. The highest BCUT2D eigenvalue weighted by atomic mass is 16.5. The smallest absolute Gasteiger partial charge is 0.0483 e. The monoisotopic (exact) mass is 212 g/mol. The zero-order chi connectivity index (χ0) is 10.7. The first-order valence-corrected chi connectivity index (χ1v) is 6.25. The first-order chi connectivity index (χ1) is 7.24. The second kappa shape index (κ2) is 4.81. The average molecular weight is 212 g/mol. The van der Waals surface area contributed by atoms with Gasteiger partial charge in [0.1, 0.15) is 0 Å². The van der Waals surface area contributed by atoms with Crippen molar-refractivity contribution in [3.8, 4) is 0 Å². The quantitative estimate of drug-likeness (QED) is 0.745. The van der Waals surface area contributed by atoms with E-state index in [1.54, 1.807) is 0 Å². The number of piperidine rings is 1. The molecular weight excluding hydrogens is 188 g/mol. The number of rotatable bonds is 2. The second-order valence-corrected chi connectivity index (χ2v) is 5.18. The number of likely N-dealkylation sites (N-methyl/N-ethyl adjacent to an activating group) is 1. The molecule has 2 aliphatic rings. The minimum atomic E-state index is 0.397. The summed E-state index contributed by atoms with van der Waals surface area (Å²) in [6.07, 6.45) is 5.06. The Hall–Kier alpha value is -0.120. The third-order valence-electron chi connectivity index (χ3n) is 4.16. The van der Waals surface area contributed by atoms with E-state index in [0.29, 0.717) is 11.6 Å². The van der Waals surface area contributed by atoms with Gasteiger partial charge in [-0.1, -0.05) is 0 Å². The lowest BCUT2D eigenvalue weighted by Gasteiger charge is -2.47. The van der Waals surface area contributed by atoms with Crippen LogP contribution in [0.1, 0.15) is 32.6 Å². The fourth-order valence-electron chi connectivity index (χ4n) is 2.83. The van der Waals surface area contributed by atoms with Gasteiger partial charge in [-0.3, -0.25) is 4.90 Å². The molecule has 2 aliphatic heterocycles.